The van der Waals surface area contributed by atoms with Crippen LogP contribution in [0, 0.1) is 5.41 Å². The standard InChI is InChI=1S/C21H33ClN4O5/c1-5-29-17-16(24-19(27)30-13-14-9-6-7-10-15(14)22)11-8-12-26(17)18(23)25-20(28)31-21(2,3)4/h7,10,16-17H,5-6,8-9,11-13H2,1-4H3,(H,24,27)(H2,23,25,28). The molecule has 31 heavy (non-hydrogen) atoms. The lowest BCUT2D eigenvalue weighted by Crippen LogP contribution is -2.61. The number of hydrogen-bond donors (Lipinski definition) is 3. The maximum absolute atomic E-state index is 12.4. The second kappa shape index (κ2) is 11.4. The van der Waals surface area contributed by atoms with Crippen molar-refractivity contribution in [2.24, 2.45) is 0 Å². The van der Waals surface area contributed by atoms with Crippen molar-refractivity contribution < 1.29 is 23.8 Å². The highest BCUT2D eigenvalue weighted by atomic mass is 35.5. The van der Waals surface area contributed by atoms with Gasteiger partial charge in [-0.2, -0.15) is 0 Å². The Balaban J connectivity index is 1.96. The summed E-state index contributed by atoms with van der Waals surface area (Å²) in [6.45, 7) is 8.08. The molecule has 0 aromatic heterocycles. The molecule has 2 rings (SSSR count). The van der Waals surface area contributed by atoms with Gasteiger partial charge >= 0.3 is 12.2 Å². The molecule has 0 radical (unpaired) electrons. The summed E-state index contributed by atoms with van der Waals surface area (Å²) in [6.07, 6.45) is 4.88. The molecule has 1 aliphatic carbocycles. The van der Waals surface area contributed by atoms with Gasteiger partial charge in [-0.25, -0.2) is 9.59 Å². The molecule has 1 fully saturated rings. The molecule has 0 bridgehead atoms. The predicted molar refractivity (Wildman–Crippen MR) is 118 cm³/mol. The van der Waals surface area contributed by atoms with Crippen molar-refractivity contribution in [2.75, 3.05) is 19.8 Å². The first-order chi connectivity index (χ1) is 14.6. The normalized spacial score (nSPS) is 21.5. The third kappa shape index (κ3) is 8.06. The molecule has 2 aliphatic rings. The molecular formula is C21H33ClN4O5. The second-order valence-electron chi connectivity index (χ2n) is 8.38. The first kappa shape index (κ1) is 25.0. The van der Waals surface area contributed by atoms with Crippen molar-refractivity contribution >= 4 is 29.7 Å². The van der Waals surface area contributed by atoms with Crippen molar-refractivity contribution in [2.45, 2.75) is 71.2 Å². The summed E-state index contributed by atoms with van der Waals surface area (Å²) in [5.41, 5.74) is 0.209. The summed E-state index contributed by atoms with van der Waals surface area (Å²) >= 11 is 6.14. The van der Waals surface area contributed by atoms with Crippen molar-refractivity contribution in [3.8, 4) is 0 Å². The lowest BCUT2D eigenvalue weighted by atomic mass is 10.0. The van der Waals surface area contributed by atoms with E-state index in [4.69, 9.17) is 31.2 Å². The van der Waals surface area contributed by atoms with E-state index < -0.39 is 30.1 Å². The number of amides is 2. The second-order valence-corrected chi connectivity index (χ2v) is 8.78. The molecule has 10 heteroatoms. The van der Waals surface area contributed by atoms with Crippen molar-refractivity contribution in [1.82, 2.24) is 15.5 Å². The first-order valence-electron chi connectivity index (χ1n) is 10.5. The zero-order chi connectivity index (χ0) is 23.0. The lowest BCUT2D eigenvalue weighted by Gasteiger charge is -2.41. The van der Waals surface area contributed by atoms with Crippen LogP contribution in [0.3, 0.4) is 0 Å². The van der Waals surface area contributed by atoms with Crippen molar-refractivity contribution in [3.63, 3.8) is 0 Å². The maximum Gasteiger partial charge on any atom is 0.414 e. The number of guanidine groups is 1. The zero-order valence-electron chi connectivity index (χ0n) is 18.6. The average Bonchev–Trinajstić information content (AvgIpc) is 2.67. The Morgan fingerprint density at radius 3 is 2.71 bits per heavy atom. The van der Waals surface area contributed by atoms with E-state index in [0.29, 0.717) is 31.0 Å². The number of halogens is 1. The Kier molecular flexibility index (Phi) is 9.18. The van der Waals surface area contributed by atoms with Crippen LogP contribution in [0.15, 0.2) is 22.8 Å². The molecule has 2 amide bonds. The van der Waals surface area contributed by atoms with E-state index in [-0.39, 0.29) is 12.6 Å². The lowest BCUT2D eigenvalue weighted by molar-refractivity contribution is -0.0628. The highest BCUT2D eigenvalue weighted by Crippen LogP contribution is 2.23. The van der Waals surface area contributed by atoms with Gasteiger partial charge in [0, 0.05) is 18.2 Å². The number of hydrogen-bond acceptors (Lipinski definition) is 6. The van der Waals surface area contributed by atoms with E-state index in [1.807, 2.05) is 19.1 Å². The molecule has 3 N–H and O–H groups in total. The minimum absolute atomic E-state index is 0.126. The topological polar surface area (TPSA) is 113 Å². The first-order valence-corrected chi connectivity index (χ1v) is 10.9. The van der Waals surface area contributed by atoms with Crippen LogP contribution in [-0.4, -0.2) is 60.7 Å². The maximum atomic E-state index is 12.4. The number of likely N-dealkylation sites (tertiary alicyclic amines) is 1. The van der Waals surface area contributed by atoms with Gasteiger partial charge in [0.2, 0.25) is 5.96 Å². The smallest absolute Gasteiger partial charge is 0.414 e. The Hall–Kier alpha value is -2.26. The van der Waals surface area contributed by atoms with Crippen LogP contribution < -0.4 is 10.6 Å². The van der Waals surface area contributed by atoms with Crippen LogP contribution in [0.5, 0.6) is 0 Å². The zero-order valence-corrected chi connectivity index (χ0v) is 19.4. The number of nitrogens with zero attached hydrogens (tertiary/aromatic N) is 1. The summed E-state index contributed by atoms with van der Waals surface area (Å²) < 4.78 is 16.4. The van der Waals surface area contributed by atoms with Gasteiger partial charge in [-0.15, -0.1) is 0 Å². The van der Waals surface area contributed by atoms with E-state index in [2.05, 4.69) is 10.6 Å². The Bertz CT molecular complexity index is 732. The number of carbonyl (C=O) groups excluding carboxylic acids is 2. The van der Waals surface area contributed by atoms with Gasteiger partial charge in [0.25, 0.3) is 0 Å². The molecule has 1 heterocycles. The van der Waals surface area contributed by atoms with E-state index in [9.17, 15) is 9.59 Å². The summed E-state index contributed by atoms with van der Waals surface area (Å²) in [5, 5.41) is 14.2. The average molecular weight is 457 g/mol. The number of ether oxygens (including phenoxy) is 3. The summed E-state index contributed by atoms with van der Waals surface area (Å²) in [7, 11) is 0. The van der Waals surface area contributed by atoms with Gasteiger partial charge in [0.15, 0.2) is 6.23 Å². The van der Waals surface area contributed by atoms with Crippen LogP contribution in [0.1, 0.15) is 53.4 Å². The van der Waals surface area contributed by atoms with Crippen molar-refractivity contribution in [1.29, 1.82) is 5.41 Å². The Morgan fingerprint density at radius 1 is 1.32 bits per heavy atom. The fourth-order valence-electron chi connectivity index (χ4n) is 3.37. The summed E-state index contributed by atoms with van der Waals surface area (Å²) in [6, 6.07) is -0.405. The SMILES string of the molecule is CCOC1C(NC(=O)OCC2=C(Cl)C=CCC2)CCCN1C(=N)NC(=O)OC(C)(C)C. The number of carbonyl (C=O) groups is 2. The third-order valence-electron chi connectivity index (χ3n) is 4.70. The van der Waals surface area contributed by atoms with E-state index in [0.717, 1.165) is 18.4 Å². The van der Waals surface area contributed by atoms with Crippen LogP contribution in [0.25, 0.3) is 0 Å². The van der Waals surface area contributed by atoms with Crippen LogP contribution in [0.2, 0.25) is 0 Å². The van der Waals surface area contributed by atoms with Gasteiger partial charge in [-0.3, -0.25) is 10.7 Å². The van der Waals surface area contributed by atoms with Gasteiger partial charge in [0.1, 0.15) is 12.2 Å². The highest BCUT2D eigenvalue weighted by molar-refractivity contribution is 6.31. The predicted octanol–water partition coefficient (Wildman–Crippen LogP) is 3.84. The van der Waals surface area contributed by atoms with Crippen LogP contribution in [-0.2, 0) is 14.2 Å². The highest BCUT2D eigenvalue weighted by Gasteiger charge is 2.36. The third-order valence-corrected chi connectivity index (χ3v) is 5.10. The molecule has 2 atom stereocenters. The summed E-state index contributed by atoms with van der Waals surface area (Å²) in [5.74, 6) is -0.140. The molecule has 0 saturated carbocycles. The molecule has 0 spiro atoms. The monoisotopic (exact) mass is 456 g/mol. The molecule has 174 valence electrons. The van der Waals surface area contributed by atoms with Gasteiger partial charge in [-0.1, -0.05) is 17.7 Å². The molecule has 2 unspecified atom stereocenters. The van der Waals surface area contributed by atoms with E-state index in [1.54, 1.807) is 25.7 Å². The Morgan fingerprint density at radius 2 is 2.06 bits per heavy atom. The fraction of sp³-hybridized carbons (Fsp3) is 0.667. The van der Waals surface area contributed by atoms with Gasteiger partial charge < -0.3 is 24.4 Å². The summed E-state index contributed by atoms with van der Waals surface area (Å²) in [4.78, 5) is 26.0. The number of nitrogens with one attached hydrogen (secondary N) is 3. The number of alkyl carbamates (subject to hydrolysis) is 2. The van der Waals surface area contributed by atoms with Gasteiger partial charge in [-0.05, 0) is 65.0 Å². The molecule has 0 aromatic rings. The molecular weight excluding hydrogens is 424 g/mol. The largest absolute Gasteiger partial charge is 0.445 e. The minimum atomic E-state index is -0.714. The van der Waals surface area contributed by atoms with E-state index >= 15 is 0 Å². The van der Waals surface area contributed by atoms with Crippen LogP contribution >= 0.6 is 11.6 Å². The number of rotatable bonds is 5. The number of allylic oxidation sites excluding steroid dienone is 3. The molecule has 1 aliphatic heterocycles. The quantitative estimate of drug-likeness (QED) is 0.428. The van der Waals surface area contributed by atoms with E-state index in [1.165, 1.54) is 0 Å². The van der Waals surface area contributed by atoms with Crippen LogP contribution in [0.4, 0.5) is 9.59 Å². The molecule has 9 nitrogen and oxygen atoms in total. The van der Waals surface area contributed by atoms with Crippen molar-refractivity contribution in [3.05, 3.63) is 22.8 Å². The van der Waals surface area contributed by atoms with Gasteiger partial charge in [0.05, 0.1) is 6.04 Å². The molecule has 0 aromatic carbocycles. The fourth-order valence-corrected chi connectivity index (χ4v) is 3.61. The molecule has 1 saturated heterocycles. The minimum Gasteiger partial charge on any atom is -0.445 e. The number of piperidine rings is 1. The Labute approximate surface area is 188 Å².